The molecule has 108 valence electrons. The Balaban J connectivity index is 1.66. The van der Waals surface area contributed by atoms with Crippen molar-refractivity contribution in [1.82, 2.24) is 9.97 Å². The summed E-state index contributed by atoms with van der Waals surface area (Å²) in [6.45, 7) is 2.02. The van der Waals surface area contributed by atoms with Crippen molar-refractivity contribution in [2.45, 2.75) is 6.92 Å². The topological polar surface area (TPSA) is 54.9 Å². The maximum absolute atomic E-state index is 12.4. The average Bonchev–Trinajstić information content (AvgIpc) is 3.13. The van der Waals surface area contributed by atoms with Crippen molar-refractivity contribution < 1.29 is 4.79 Å². The number of nitrogens with zero attached hydrogens (tertiary/aromatic N) is 2. The van der Waals surface area contributed by atoms with Crippen molar-refractivity contribution in [3.05, 3.63) is 53.0 Å². The number of thiazole rings is 2. The van der Waals surface area contributed by atoms with E-state index in [4.69, 9.17) is 0 Å². The van der Waals surface area contributed by atoms with Gasteiger partial charge in [-0.2, -0.15) is 0 Å². The number of hydrogen-bond acceptors (Lipinski definition) is 5. The molecule has 0 aliphatic carbocycles. The molecule has 0 saturated heterocycles. The van der Waals surface area contributed by atoms with E-state index in [0.29, 0.717) is 10.7 Å². The lowest BCUT2D eigenvalue weighted by Crippen LogP contribution is -2.11. The molecule has 0 atom stereocenters. The third-order valence-corrected chi connectivity index (χ3v) is 5.16. The Kier molecular flexibility index (Phi) is 3.13. The van der Waals surface area contributed by atoms with Crippen LogP contribution in [-0.2, 0) is 0 Å². The zero-order valence-corrected chi connectivity index (χ0v) is 13.3. The summed E-state index contributed by atoms with van der Waals surface area (Å²) in [6.07, 6.45) is 0. The number of nitrogens with one attached hydrogen (secondary N) is 1. The van der Waals surface area contributed by atoms with E-state index in [-0.39, 0.29) is 5.91 Å². The summed E-state index contributed by atoms with van der Waals surface area (Å²) >= 11 is 3.01. The van der Waals surface area contributed by atoms with Crippen LogP contribution in [0.25, 0.3) is 20.4 Å². The van der Waals surface area contributed by atoms with Crippen LogP contribution >= 0.6 is 22.7 Å². The number of anilines is 1. The summed E-state index contributed by atoms with van der Waals surface area (Å²) in [4.78, 5) is 21.1. The van der Waals surface area contributed by atoms with Crippen LogP contribution in [0.4, 0.5) is 5.13 Å². The normalized spacial score (nSPS) is 11.1. The highest BCUT2D eigenvalue weighted by atomic mass is 32.1. The standard InChI is InChI=1S/C16H11N3OS2/c1-9-3-2-4-12-14(9)18-16(22-12)19-15(20)10-5-6-11-13(7-10)21-8-17-11/h2-8H,1H3,(H,18,19,20). The smallest absolute Gasteiger partial charge is 0.257 e. The lowest BCUT2D eigenvalue weighted by Gasteiger charge is -2.01. The maximum Gasteiger partial charge on any atom is 0.257 e. The highest BCUT2D eigenvalue weighted by Gasteiger charge is 2.11. The number of carbonyl (C=O) groups is 1. The van der Waals surface area contributed by atoms with Gasteiger partial charge in [-0.25, -0.2) is 9.97 Å². The second-order valence-corrected chi connectivity index (χ2v) is 6.85. The molecule has 4 rings (SSSR count). The minimum absolute atomic E-state index is 0.146. The fourth-order valence-corrected chi connectivity index (χ4v) is 3.96. The van der Waals surface area contributed by atoms with Crippen molar-refractivity contribution in [1.29, 1.82) is 0 Å². The predicted octanol–water partition coefficient (Wildman–Crippen LogP) is 4.47. The number of para-hydroxylation sites is 1. The quantitative estimate of drug-likeness (QED) is 0.592. The van der Waals surface area contributed by atoms with E-state index < -0.39 is 0 Å². The largest absolute Gasteiger partial charge is 0.298 e. The molecule has 4 nitrogen and oxygen atoms in total. The molecule has 0 radical (unpaired) electrons. The minimum Gasteiger partial charge on any atom is -0.298 e. The van der Waals surface area contributed by atoms with E-state index in [1.165, 1.54) is 22.7 Å². The lowest BCUT2D eigenvalue weighted by molar-refractivity contribution is 0.102. The van der Waals surface area contributed by atoms with E-state index in [2.05, 4.69) is 15.3 Å². The molecular formula is C16H11N3OS2. The predicted molar refractivity (Wildman–Crippen MR) is 91.9 cm³/mol. The second-order valence-electron chi connectivity index (χ2n) is 4.93. The lowest BCUT2D eigenvalue weighted by atomic mass is 10.2. The molecule has 0 aliphatic rings. The zero-order valence-electron chi connectivity index (χ0n) is 11.7. The van der Waals surface area contributed by atoms with Crippen LogP contribution in [-0.4, -0.2) is 15.9 Å². The van der Waals surface area contributed by atoms with Crippen molar-refractivity contribution in [2.24, 2.45) is 0 Å². The molecule has 0 spiro atoms. The van der Waals surface area contributed by atoms with E-state index >= 15 is 0 Å². The van der Waals surface area contributed by atoms with Crippen molar-refractivity contribution in [3.8, 4) is 0 Å². The number of aromatic nitrogens is 2. The summed E-state index contributed by atoms with van der Waals surface area (Å²) in [5, 5.41) is 3.51. The van der Waals surface area contributed by atoms with Gasteiger partial charge in [0.25, 0.3) is 5.91 Å². The zero-order chi connectivity index (χ0) is 15.1. The molecule has 22 heavy (non-hydrogen) atoms. The van der Waals surface area contributed by atoms with Gasteiger partial charge in [0.05, 0.1) is 25.9 Å². The Morgan fingerprint density at radius 1 is 1.18 bits per heavy atom. The highest BCUT2D eigenvalue weighted by molar-refractivity contribution is 7.22. The Labute approximate surface area is 134 Å². The van der Waals surface area contributed by atoms with Crippen molar-refractivity contribution in [3.63, 3.8) is 0 Å². The average molecular weight is 325 g/mol. The Hall–Kier alpha value is -2.31. The van der Waals surface area contributed by atoms with Crippen molar-refractivity contribution in [2.75, 3.05) is 5.32 Å². The monoisotopic (exact) mass is 325 g/mol. The van der Waals surface area contributed by atoms with Gasteiger partial charge in [0.1, 0.15) is 0 Å². The van der Waals surface area contributed by atoms with Crippen LogP contribution in [0.1, 0.15) is 15.9 Å². The van der Waals surface area contributed by atoms with Crippen LogP contribution in [0.3, 0.4) is 0 Å². The van der Waals surface area contributed by atoms with Gasteiger partial charge in [-0.3, -0.25) is 10.1 Å². The molecule has 6 heteroatoms. The van der Waals surface area contributed by atoms with Crippen LogP contribution < -0.4 is 5.32 Å². The summed E-state index contributed by atoms with van der Waals surface area (Å²) in [5.41, 5.74) is 5.37. The Morgan fingerprint density at radius 2 is 2.09 bits per heavy atom. The molecule has 0 unspecified atom stereocenters. The molecule has 2 heterocycles. The first kappa shape index (κ1) is 13.4. The number of amides is 1. The van der Waals surface area contributed by atoms with Crippen molar-refractivity contribution >= 4 is 54.1 Å². The van der Waals surface area contributed by atoms with E-state index in [0.717, 1.165) is 26.0 Å². The molecule has 1 N–H and O–H groups in total. The molecule has 2 aromatic heterocycles. The third kappa shape index (κ3) is 2.26. The number of benzene rings is 2. The van der Waals surface area contributed by atoms with Crippen LogP contribution in [0.15, 0.2) is 41.9 Å². The van der Waals surface area contributed by atoms with Crippen LogP contribution in [0.2, 0.25) is 0 Å². The second kappa shape index (κ2) is 5.15. The minimum atomic E-state index is -0.146. The number of carbonyl (C=O) groups excluding carboxylic acids is 1. The Morgan fingerprint density at radius 3 is 2.95 bits per heavy atom. The number of fused-ring (bicyclic) bond motifs is 2. The summed E-state index contributed by atoms with van der Waals surface area (Å²) in [5.74, 6) is -0.146. The molecular weight excluding hydrogens is 314 g/mol. The summed E-state index contributed by atoms with van der Waals surface area (Å²) in [7, 11) is 0. The maximum atomic E-state index is 12.4. The molecule has 1 amide bonds. The van der Waals surface area contributed by atoms with E-state index in [9.17, 15) is 4.79 Å². The van der Waals surface area contributed by atoms with Gasteiger partial charge in [-0.1, -0.05) is 23.5 Å². The molecule has 0 fully saturated rings. The number of rotatable bonds is 2. The fraction of sp³-hybridized carbons (Fsp3) is 0.0625. The third-order valence-electron chi connectivity index (χ3n) is 3.43. The van der Waals surface area contributed by atoms with Gasteiger partial charge in [-0.05, 0) is 36.8 Å². The van der Waals surface area contributed by atoms with Gasteiger partial charge < -0.3 is 0 Å². The number of hydrogen-bond donors (Lipinski definition) is 1. The van der Waals surface area contributed by atoms with Crippen LogP contribution in [0, 0.1) is 6.92 Å². The van der Waals surface area contributed by atoms with Gasteiger partial charge >= 0.3 is 0 Å². The van der Waals surface area contributed by atoms with Gasteiger partial charge in [0.2, 0.25) is 0 Å². The Bertz CT molecular complexity index is 1000. The van der Waals surface area contributed by atoms with Gasteiger partial charge in [0.15, 0.2) is 5.13 Å². The highest BCUT2D eigenvalue weighted by Crippen LogP contribution is 2.28. The molecule has 2 aromatic carbocycles. The first-order chi connectivity index (χ1) is 10.7. The van der Waals surface area contributed by atoms with E-state index in [1.54, 1.807) is 11.6 Å². The molecule has 0 aliphatic heterocycles. The first-order valence-corrected chi connectivity index (χ1v) is 8.41. The summed E-state index contributed by atoms with van der Waals surface area (Å²) < 4.78 is 2.08. The van der Waals surface area contributed by atoms with Crippen LogP contribution in [0.5, 0.6) is 0 Å². The van der Waals surface area contributed by atoms with Gasteiger partial charge in [0, 0.05) is 5.56 Å². The van der Waals surface area contributed by atoms with Gasteiger partial charge in [-0.15, -0.1) is 11.3 Å². The first-order valence-electron chi connectivity index (χ1n) is 6.71. The summed E-state index contributed by atoms with van der Waals surface area (Å²) in [6, 6.07) is 11.5. The SMILES string of the molecule is Cc1cccc2sc(NC(=O)c3ccc4ncsc4c3)nc12. The number of aryl methyl sites for hydroxylation is 1. The molecule has 4 aromatic rings. The molecule has 0 saturated carbocycles. The van der Waals surface area contributed by atoms with E-state index in [1.807, 2.05) is 37.3 Å². The molecule has 0 bridgehead atoms. The fourth-order valence-electron chi connectivity index (χ4n) is 2.31.